The lowest BCUT2D eigenvalue weighted by Crippen LogP contribution is -2.34. The minimum atomic E-state index is -3.76. The van der Waals surface area contributed by atoms with Gasteiger partial charge in [-0.2, -0.15) is 0 Å². The number of nitrogens with one attached hydrogen (secondary N) is 1. The predicted octanol–water partition coefficient (Wildman–Crippen LogP) is 3.68. The minimum absolute atomic E-state index is 0.0324. The zero-order valence-corrected chi connectivity index (χ0v) is 16.9. The highest BCUT2D eigenvalue weighted by Gasteiger charge is 2.24. The van der Waals surface area contributed by atoms with Gasteiger partial charge in [0.05, 0.1) is 5.02 Å². The van der Waals surface area contributed by atoms with Crippen molar-refractivity contribution in [3.05, 3.63) is 27.2 Å². The van der Waals surface area contributed by atoms with Crippen LogP contribution in [0.15, 0.2) is 11.0 Å². The number of likely N-dealkylation sites (tertiary alicyclic amines) is 1. The molecule has 0 aromatic heterocycles. The molecule has 1 fully saturated rings. The highest BCUT2D eigenvalue weighted by atomic mass is 35.5. The van der Waals surface area contributed by atoms with Crippen LogP contribution in [-0.4, -0.2) is 38.9 Å². The Bertz CT molecular complexity index is 725. The van der Waals surface area contributed by atoms with Crippen LogP contribution in [0.2, 0.25) is 10.0 Å². The van der Waals surface area contributed by atoms with E-state index in [0.717, 1.165) is 25.8 Å². The lowest BCUT2D eigenvalue weighted by Gasteiger charge is -2.20. The Labute approximate surface area is 159 Å². The molecule has 25 heavy (non-hydrogen) atoms. The minimum Gasteiger partial charge on any atom is -0.343 e. The first-order valence-electron chi connectivity index (χ1n) is 8.46. The van der Waals surface area contributed by atoms with Gasteiger partial charge in [-0.15, -0.1) is 0 Å². The lowest BCUT2D eigenvalue weighted by atomic mass is 10.2. The highest BCUT2D eigenvalue weighted by molar-refractivity contribution is 7.89. The van der Waals surface area contributed by atoms with Crippen molar-refractivity contribution in [1.82, 2.24) is 9.62 Å². The van der Waals surface area contributed by atoms with Crippen LogP contribution in [0.1, 0.15) is 43.2 Å². The van der Waals surface area contributed by atoms with Gasteiger partial charge in [0.15, 0.2) is 0 Å². The van der Waals surface area contributed by atoms with Crippen LogP contribution in [0.4, 0.5) is 0 Å². The van der Waals surface area contributed by atoms with Gasteiger partial charge < -0.3 is 4.90 Å². The third kappa shape index (κ3) is 5.09. The number of amides is 1. The summed E-state index contributed by atoms with van der Waals surface area (Å²) in [6.45, 7) is 4.91. The number of hydrogen-bond donors (Lipinski definition) is 1. The monoisotopic (exact) mass is 406 g/mol. The average molecular weight is 407 g/mol. The fourth-order valence-electron chi connectivity index (χ4n) is 2.96. The topological polar surface area (TPSA) is 66.5 Å². The van der Waals surface area contributed by atoms with Gasteiger partial charge in [0.25, 0.3) is 0 Å². The number of rotatable bonds is 6. The molecule has 0 spiro atoms. The van der Waals surface area contributed by atoms with E-state index in [1.807, 2.05) is 4.90 Å². The van der Waals surface area contributed by atoms with Gasteiger partial charge in [0, 0.05) is 31.1 Å². The Morgan fingerprint density at radius 3 is 2.64 bits per heavy atom. The normalized spacial score (nSPS) is 16.2. The first-order valence-corrected chi connectivity index (χ1v) is 10.7. The summed E-state index contributed by atoms with van der Waals surface area (Å²) in [5.41, 5.74) is 1.06. The lowest BCUT2D eigenvalue weighted by molar-refractivity contribution is -0.130. The van der Waals surface area contributed by atoms with Crippen molar-refractivity contribution in [3.8, 4) is 0 Å². The molecule has 0 saturated carbocycles. The number of carbonyl (C=O) groups excluding carboxylic acids is 1. The maximum atomic E-state index is 12.6. The van der Waals surface area contributed by atoms with Crippen LogP contribution in [0.5, 0.6) is 0 Å². The number of nitrogens with zero attached hydrogens (tertiary/aromatic N) is 1. The predicted molar refractivity (Wildman–Crippen MR) is 101 cm³/mol. The summed E-state index contributed by atoms with van der Waals surface area (Å²) in [5, 5.41) is 0.564. The van der Waals surface area contributed by atoms with Crippen molar-refractivity contribution in [2.75, 3.05) is 19.6 Å². The third-order valence-corrected chi connectivity index (χ3v) is 7.05. The maximum Gasteiger partial charge on any atom is 0.242 e. The van der Waals surface area contributed by atoms with Gasteiger partial charge in [0.2, 0.25) is 15.9 Å². The van der Waals surface area contributed by atoms with E-state index in [1.165, 1.54) is 0 Å². The number of halogens is 2. The molecule has 1 amide bonds. The van der Waals surface area contributed by atoms with E-state index >= 15 is 0 Å². The molecule has 5 nitrogen and oxygen atoms in total. The summed E-state index contributed by atoms with van der Waals surface area (Å²) in [4.78, 5) is 13.8. The van der Waals surface area contributed by atoms with E-state index in [4.69, 9.17) is 23.2 Å². The molecule has 0 unspecified atom stereocenters. The Hall–Kier alpha value is -0.820. The van der Waals surface area contributed by atoms with Crippen molar-refractivity contribution in [1.29, 1.82) is 0 Å². The van der Waals surface area contributed by atoms with E-state index in [2.05, 4.69) is 4.72 Å². The molecule has 1 aliphatic heterocycles. The average Bonchev–Trinajstić information content (AvgIpc) is 2.74. The molecule has 0 aliphatic carbocycles. The first-order chi connectivity index (χ1) is 11.7. The largest absolute Gasteiger partial charge is 0.343 e. The molecule has 140 valence electrons. The quantitative estimate of drug-likeness (QED) is 0.732. The summed E-state index contributed by atoms with van der Waals surface area (Å²) in [6, 6.07) is 1.66. The van der Waals surface area contributed by atoms with E-state index < -0.39 is 10.0 Å². The fourth-order valence-corrected chi connectivity index (χ4v) is 5.24. The summed E-state index contributed by atoms with van der Waals surface area (Å²) >= 11 is 12.3. The van der Waals surface area contributed by atoms with Crippen molar-refractivity contribution in [2.45, 2.75) is 50.8 Å². The SMILES string of the molecule is Cc1cc(Cl)c(C)c(S(=O)(=O)NCCCN2CCCCCC2=O)c1Cl. The number of aryl methyl sites for hydroxylation is 1. The number of hydrogen-bond acceptors (Lipinski definition) is 3. The fraction of sp³-hybridized carbons (Fsp3) is 0.588. The van der Waals surface area contributed by atoms with E-state index in [1.54, 1.807) is 19.9 Å². The second kappa shape index (κ2) is 8.71. The van der Waals surface area contributed by atoms with E-state index in [-0.39, 0.29) is 22.4 Å². The van der Waals surface area contributed by atoms with Gasteiger partial charge in [-0.1, -0.05) is 29.6 Å². The standard InChI is InChI=1S/C17H24Cl2N2O3S/c1-12-11-14(18)13(2)17(16(12)19)25(23,24)20-8-6-10-21-9-5-3-4-7-15(21)22/h11,20H,3-10H2,1-2H3. The third-order valence-electron chi connectivity index (χ3n) is 4.42. The number of sulfonamides is 1. The van der Waals surface area contributed by atoms with Crippen molar-refractivity contribution < 1.29 is 13.2 Å². The first kappa shape index (κ1) is 20.5. The van der Waals surface area contributed by atoms with Gasteiger partial charge in [-0.3, -0.25) is 4.79 Å². The van der Waals surface area contributed by atoms with Crippen LogP contribution >= 0.6 is 23.2 Å². The Morgan fingerprint density at radius 2 is 1.92 bits per heavy atom. The summed E-state index contributed by atoms with van der Waals surface area (Å²) < 4.78 is 27.8. The molecule has 2 rings (SSSR count). The highest BCUT2D eigenvalue weighted by Crippen LogP contribution is 2.33. The molecule has 1 saturated heterocycles. The number of benzene rings is 1. The van der Waals surface area contributed by atoms with Gasteiger partial charge in [-0.25, -0.2) is 13.1 Å². The summed E-state index contributed by atoms with van der Waals surface area (Å²) in [5.74, 6) is 0.157. The Morgan fingerprint density at radius 1 is 1.20 bits per heavy atom. The van der Waals surface area contributed by atoms with Gasteiger partial charge in [-0.05, 0) is 50.3 Å². The maximum absolute atomic E-state index is 12.6. The van der Waals surface area contributed by atoms with E-state index in [9.17, 15) is 13.2 Å². The molecule has 1 heterocycles. The van der Waals surface area contributed by atoms with Crippen LogP contribution in [0.3, 0.4) is 0 Å². The summed E-state index contributed by atoms with van der Waals surface area (Å²) in [7, 11) is -3.76. The zero-order chi connectivity index (χ0) is 18.6. The van der Waals surface area contributed by atoms with Crippen LogP contribution < -0.4 is 4.72 Å². The number of carbonyl (C=O) groups is 1. The molecule has 1 N–H and O–H groups in total. The smallest absolute Gasteiger partial charge is 0.242 e. The van der Waals surface area contributed by atoms with Crippen LogP contribution in [0, 0.1) is 13.8 Å². The molecule has 1 aromatic rings. The van der Waals surface area contributed by atoms with Crippen molar-refractivity contribution in [2.24, 2.45) is 0 Å². The molecular formula is C17H24Cl2N2O3S. The van der Waals surface area contributed by atoms with Crippen molar-refractivity contribution >= 4 is 39.1 Å². The molecule has 0 radical (unpaired) electrons. The molecule has 0 bridgehead atoms. The zero-order valence-electron chi connectivity index (χ0n) is 14.6. The summed E-state index contributed by atoms with van der Waals surface area (Å²) in [6.07, 6.45) is 4.16. The Balaban J connectivity index is 2.00. The Kier molecular flexibility index (Phi) is 7.14. The van der Waals surface area contributed by atoms with Crippen LogP contribution in [0.25, 0.3) is 0 Å². The molecule has 0 atom stereocenters. The molecule has 1 aromatic carbocycles. The van der Waals surface area contributed by atoms with E-state index in [0.29, 0.717) is 35.5 Å². The van der Waals surface area contributed by atoms with Crippen molar-refractivity contribution in [3.63, 3.8) is 0 Å². The second-order valence-corrected chi connectivity index (χ2v) is 8.88. The van der Waals surface area contributed by atoms with Crippen LogP contribution in [-0.2, 0) is 14.8 Å². The van der Waals surface area contributed by atoms with Gasteiger partial charge in [0.1, 0.15) is 4.90 Å². The van der Waals surface area contributed by atoms with Gasteiger partial charge >= 0.3 is 0 Å². The molecule has 1 aliphatic rings. The molecular weight excluding hydrogens is 383 g/mol. The molecule has 8 heteroatoms. The second-order valence-electron chi connectivity index (χ2n) is 6.39.